The summed E-state index contributed by atoms with van der Waals surface area (Å²) >= 11 is 3.57. The highest BCUT2D eigenvalue weighted by molar-refractivity contribution is 9.10. The normalized spacial score (nSPS) is 10.4. The first kappa shape index (κ1) is 13.0. The Kier molecular flexibility index (Phi) is 3.97. The Bertz CT molecular complexity index is 544. The van der Waals surface area contributed by atoms with Crippen molar-refractivity contribution >= 4 is 21.6 Å². The van der Waals surface area contributed by atoms with Gasteiger partial charge in [0.1, 0.15) is 5.82 Å². The predicted molar refractivity (Wildman–Crippen MR) is 77.7 cm³/mol. The van der Waals surface area contributed by atoms with Crippen molar-refractivity contribution in [1.82, 2.24) is 9.97 Å². The molecule has 0 radical (unpaired) electrons. The summed E-state index contributed by atoms with van der Waals surface area (Å²) in [6.45, 7) is 6.80. The van der Waals surface area contributed by atoms with Crippen LogP contribution in [0.15, 0.2) is 28.9 Å². The molecule has 0 aliphatic carbocycles. The first-order valence-electron chi connectivity index (χ1n) is 5.85. The van der Waals surface area contributed by atoms with Crippen LogP contribution in [-0.2, 0) is 6.54 Å². The molecule has 1 N–H and O–H groups in total. The van der Waals surface area contributed by atoms with Crippen molar-refractivity contribution in [2.75, 3.05) is 5.32 Å². The summed E-state index contributed by atoms with van der Waals surface area (Å²) in [6, 6.07) is 6.19. The highest BCUT2D eigenvalue weighted by atomic mass is 79.9. The van der Waals surface area contributed by atoms with Gasteiger partial charge in [-0.3, -0.25) is 0 Å². The molecule has 0 aliphatic heterocycles. The first-order valence-corrected chi connectivity index (χ1v) is 6.64. The molecule has 2 rings (SSSR count). The van der Waals surface area contributed by atoms with Crippen molar-refractivity contribution in [2.45, 2.75) is 27.3 Å². The molecule has 0 bridgehead atoms. The molecule has 94 valence electrons. The van der Waals surface area contributed by atoms with E-state index in [1.165, 1.54) is 15.6 Å². The molecule has 4 heteroatoms. The second kappa shape index (κ2) is 5.48. The summed E-state index contributed by atoms with van der Waals surface area (Å²) < 4.78 is 1.17. The second-order valence-electron chi connectivity index (χ2n) is 4.37. The molecule has 0 saturated heterocycles. The number of aryl methyl sites for hydroxylation is 3. The van der Waals surface area contributed by atoms with Gasteiger partial charge in [-0.15, -0.1) is 0 Å². The molecule has 2 aromatic rings. The Morgan fingerprint density at radius 3 is 2.44 bits per heavy atom. The fourth-order valence-corrected chi connectivity index (χ4v) is 2.07. The summed E-state index contributed by atoms with van der Waals surface area (Å²) in [6.07, 6.45) is 1.79. The van der Waals surface area contributed by atoms with Gasteiger partial charge in [0.15, 0.2) is 0 Å². The van der Waals surface area contributed by atoms with Crippen LogP contribution < -0.4 is 5.32 Å². The second-order valence-corrected chi connectivity index (χ2v) is 5.17. The van der Waals surface area contributed by atoms with Gasteiger partial charge in [-0.05, 0) is 50.1 Å². The van der Waals surface area contributed by atoms with Crippen LogP contribution in [0, 0.1) is 20.8 Å². The maximum atomic E-state index is 4.37. The zero-order chi connectivity index (χ0) is 13.1. The molecular formula is C14H16BrN3. The van der Waals surface area contributed by atoms with Gasteiger partial charge in [-0.2, -0.15) is 0 Å². The monoisotopic (exact) mass is 305 g/mol. The molecule has 1 heterocycles. The van der Waals surface area contributed by atoms with Crippen molar-refractivity contribution in [1.29, 1.82) is 0 Å². The topological polar surface area (TPSA) is 37.8 Å². The van der Waals surface area contributed by atoms with E-state index in [2.05, 4.69) is 57.2 Å². The number of nitrogens with one attached hydrogen (secondary N) is 1. The maximum absolute atomic E-state index is 4.37. The van der Waals surface area contributed by atoms with Crippen molar-refractivity contribution in [2.24, 2.45) is 0 Å². The molecule has 1 aromatic heterocycles. The smallest absolute Gasteiger partial charge is 0.125 e. The minimum Gasteiger partial charge on any atom is -0.379 e. The van der Waals surface area contributed by atoms with E-state index in [0.717, 1.165) is 17.2 Å². The van der Waals surface area contributed by atoms with Crippen LogP contribution >= 0.6 is 15.9 Å². The molecule has 0 saturated carbocycles. The summed E-state index contributed by atoms with van der Waals surface area (Å²) in [5, 5.41) is 3.39. The van der Waals surface area contributed by atoms with Crippen molar-refractivity contribution in [3.05, 3.63) is 51.5 Å². The van der Waals surface area contributed by atoms with Gasteiger partial charge in [-0.25, -0.2) is 9.97 Å². The van der Waals surface area contributed by atoms with Gasteiger partial charge in [-0.1, -0.05) is 15.9 Å². The lowest BCUT2D eigenvalue weighted by Crippen LogP contribution is -2.03. The Morgan fingerprint density at radius 1 is 1.17 bits per heavy atom. The molecule has 0 atom stereocenters. The van der Waals surface area contributed by atoms with E-state index in [1.807, 2.05) is 13.0 Å². The van der Waals surface area contributed by atoms with Gasteiger partial charge < -0.3 is 5.32 Å². The van der Waals surface area contributed by atoms with Gasteiger partial charge in [0.2, 0.25) is 0 Å². The minimum atomic E-state index is 0.712. The SMILES string of the molecule is Cc1nccc(CNc2cc(C)c(Br)c(C)c2)n1. The van der Waals surface area contributed by atoms with Crippen LogP contribution in [0.3, 0.4) is 0 Å². The first-order chi connectivity index (χ1) is 8.56. The van der Waals surface area contributed by atoms with Crippen molar-refractivity contribution < 1.29 is 0 Å². The third-order valence-corrected chi connectivity index (χ3v) is 3.99. The highest BCUT2D eigenvalue weighted by Gasteiger charge is 2.02. The summed E-state index contributed by atoms with van der Waals surface area (Å²) in [5.74, 6) is 0.803. The molecular weight excluding hydrogens is 290 g/mol. The van der Waals surface area contributed by atoms with Gasteiger partial charge >= 0.3 is 0 Å². The minimum absolute atomic E-state index is 0.712. The number of aromatic nitrogens is 2. The molecule has 18 heavy (non-hydrogen) atoms. The number of nitrogens with zero attached hydrogens (tertiary/aromatic N) is 2. The van der Waals surface area contributed by atoms with E-state index in [4.69, 9.17) is 0 Å². The number of hydrogen-bond donors (Lipinski definition) is 1. The predicted octanol–water partition coefficient (Wildman–Crippen LogP) is 3.78. The van der Waals surface area contributed by atoms with Crippen molar-refractivity contribution in [3.63, 3.8) is 0 Å². The average Bonchev–Trinajstić information content (AvgIpc) is 2.33. The number of benzene rings is 1. The maximum Gasteiger partial charge on any atom is 0.125 e. The van der Waals surface area contributed by atoms with Crippen LogP contribution in [0.1, 0.15) is 22.6 Å². The lowest BCUT2D eigenvalue weighted by atomic mass is 10.1. The van der Waals surface area contributed by atoms with Crippen molar-refractivity contribution in [3.8, 4) is 0 Å². The van der Waals surface area contributed by atoms with E-state index >= 15 is 0 Å². The number of hydrogen-bond acceptors (Lipinski definition) is 3. The van der Waals surface area contributed by atoms with Gasteiger partial charge in [0, 0.05) is 16.4 Å². The van der Waals surface area contributed by atoms with E-state index in [9.17, 15) is 0 Å². The molecule has 0 spiro atoms. The Labute approximate surface area is 116 Å². The largest absolute Gasteiger partial charge is 0.379 e. The molecule has 3 nitrogen and oxygen atoms in total. The van der Waals surface area contributed by atoms with Crippen LogP contribution in [0.4, 0.5) is 5.69 Å². The quantitative estimate of drug-likeness (QED) is 0.938. The van der Waals surface area contributed by atoms with Crippen LogP contribution in [-0.4, -0.2) is 9.97 Å². The van der Waals surface area contributed by atoms with Gasteiger partial charge in [0.05, 0.1) is 12.2 Å². The zero-order valence-corrected chi connectivity index (χ0v) is 12.4. The van der Waals surface area contributed by atoms with E-state index in [-0.39, 0.29) is 0 Å². The van der Waals surface area contributed by atoms with E-state index in [0.29, 0.717) is 6.54 Å². The standard InChI is InChI=1S/C14H16BrN3/c1-9-6-13(7-10(2)14(9)15)17-8-12-4-5-16-11(3)18-12/h4-7,17H,8H2,1-3H3. The third kappa shape index (κ3) is 3.07. The molecule has 0 amide bonds. The van der Waals surface area contributed by atoms with E-state index < -0.39 is 0 Å². The fourth-order valence-electron chi connectivity index (χ4n) is 1.84. The number of anilines is 1. The average molecular weight is 306 g/mol. The Morgan fingerprint density at radius 2 is 1.83 bits per heavy atom. The molecule has 0 unspecified atom stereocenters. The Hall–Kier alpha value is -1.42. The molecule has 0 fully saturated rings. The lowest BCUT2D eigenvalue weighted by Gasteiger charge is -2.10. The van der Waals surface area contributed by atoms with Crippen LogP contribution in [0.25, 0.3) is 0 Å². The van der Waals surface area contributed by atoms with Crippen LogP contribution in [0.2, 0.25) is 0 Å². The highest BCUT2D eigenvalue weighted by Crippen LogP contribution is 2.25. The third-order valence-electron chi connectivity index (χ3n) is 2.74. The van der Waals surface area contributed by atoms with Gasteiger partial charge in [0.25, 0.3) is 0 Å². The zero-order valence-electron chi connectivity index (χ0n) is 10.8. The summed E-state index contributed by atoms with van der Waals surface area (Å²) in [7, 11) is 0. The Balaban J connectivity index is 2.11. The molecule has 1 aromatic carbocycles. The number of rotatable bonds is 3. The fraction of sp³-hybridized carbons (Fsp3) is 0.286. The van der Waals surface area contributed by atoms with E-state index in [1.54, 1.807) is 6.20 Å². The van der Waals surface area contributed by atoms with Crippen LogP contribution in [0.5, 0.6) is 0 Å². The number of halogens is 1. The molecule has 0 aliphatic rings. The lowest BCUT2D eigenvalue weighted by molar-refractivity contribution is 0.955. The summed E-state index contributed by atoms with van der Waals surface area (Å²) in [4.78, 5) is 8.46. The summed E-state index contributed by atoms with van der Waals surface area (Å²) in [5.41, 5.74) is 4.58.